The minimum Gasteiger partial charge on any atom is -0.351 e. The number of nitrogens with one attached hydrogen (secondary N) is 1. The second-order valence-electron chi connectivity index (χ2n) is 7.98. The van der Waals surface area contributed by atoms with Crippen LogP contribution in [0.2, 0.25) is 0 Å². The summed E-state index contributed by atoms with van der Waals surface area (Å²) >= 11 is 5.97. The Kier molecular flexibility index (Phi) is 7.17. The molecule has 0 heterocycles. The van der Waals surface area contributed by atoms with Crippen molar-refractivity contribution in [2.75, 3.05) is 5.88 Å². The first-order valence-electron chi connectivity index (χ1n) is 10.3. The standard InChI is InChI=1S/C22H31ClN2O2/c1-16-9-5-8-14-19(16)21(22(27)24-17-10-3-2-4-11-17)25(20(26)15-23)18-12-6-7-13-18/h5,8-9,14,17-18,21H,2-4,6-7,10-13,15H2,1H3,(H,24,27). The third kappa shape index (κ3) is 4.84. The lowest BCUT2D eigenvalue weighted by Gasteiger charge is -2.37. The van der Waals surface area contributed by atoms with Crippen molar-refractivity contribution < 1.29 is 9.59 Å². The zero-order valence-electron chi connectivity index (χ0n) is 16.3. The normalized spacial score (nSPS) is 19.6. The van der Waals surface area contributed by atoms with E-state index in [0.29, 0.717) is 0 Å². The highest BCUT2D eigenvalue weighted by Crippen LogP contribution is 2.33. The summed E-state index contributed by atoms with van der Waals surface area (Å²) in [6.45, 7) is 2.01. The van der Waals surface area contributed by atoms with Crippen molar-refractivity contribution in [3.8, 4) is 0 Å². The number of halogens is 1. The molecule has 4 nitrogen and oxygen atoms in total. The number of aryl methyl sites for hydroxylation is 1. The Morgan fingerprint density at radius 2 is 1.70 bits per heavy atom. The van der Waals surface area contributed by atoms with Gasteiger partial charge in [0.15, 0.2) is 0 Å². The molecule has 2 saturated carbocycles. The van der Waals surface area contributed by atoms with Crippen molar-refractivity contribution in [1.29, 1.82) is 0 Å². The molecule has 3 rings (SSSR count). The highest BCUT2D eigenvalue weighted by molar-refractivity contribution is 6.27. The molecule has 0 bridgehead atoms. The van der Waals surface area contributed by atoms with Crippen molar-refractivity contribution in [2.24, 2.45) is 0 Å². The van der Waals surface area contributed by atoms with Crippen molar-refractivity contribution >= 4 is 23.4 Å². The van der Waals surface area contributed by atoms with E-state index in [4.69, 9.17) is 11.6 Å². The molecular formula is C22H31ClN2O2. The predicted octanol–water partition coefficient (Wildman–Crippen LogP) is 4.50. The highest BCUT2D eigenvalue weighted by atomic mass is 35.5. The van der Waals surface area contributed by atoms with Crippen LogP contribution in [0.4, 0.5) is 0 Å². The molecule has 0 radical (unpaired) electrons. The number of benzene rings is 1. The molecule has 1 unspecified atom stereocenters. The molecule has 148 valence electrons. The smallest absolute Gasteiger partial charge is 0.247 e. The zero-order valence-corrected chi connectivity index (χ0v) is 17.0. The summed E-state index contributed by atoms with van der Waals surface area (Å²) in [4.78, 5) is 28.1. The molecule has 27 heavy (non-hydrogen) atoms. The Hall–Kier alpha value is -1.55. The van der Waals surface area contributed by atoms with Crippen LogP contribution < -0.4 is 5.32 Å². The fraction of sp³-hybridized carbons (Fsp3) is 0.636. The third-order valence-electron chi connectivity index (χ3n) is 6.08. The van der Waals surface area contributed by atoms with Gasteiger partial charge < -0.3 is 10.2 Å². The van der Waals surface area contributed by atoms with E-state index in [0.717, 1.165) is 62.5 Å². The minimum absolute atomic E-state index is 0.0541. The molecule has 5 heteroatoms. The number of amides is 2. The van der Waals surface area contributed by atoms with E-state index in [-0.39, 0.29) is 29.8 Å². The largest absolute Gasteiger partial charge is 0.351 e. The Bertz CT molecular complexity index is 651. The molecule has 0 aromatic heterocycles. The summed E-state index contributed by atoms with van der Waals surface area (Å²) in [6.07, 6.45) is 9.71. The van der Waals surface area contributed by atoms with Crippen molar-refractivity contribution in [1.82, 2.24) is 10.2 Å². The van der Waals surface area contributed by atoms with E-state index in [1.807, 2.05) is 31.2 Å². The number of alkyl halides is 1. The Balaban J connectivity index is 1.93. The zero-order chi connectivity index (χ0) is 19.2. The lowest BCUT2D eigenvalue weighted by Crippen LogP contribution is -2.50. The molecule has 2 aliphatic rings. The maximum Gasteiger partial charge on any atom is 0.247 e. The molecule has 2 fully saturated rings. The van der Waals surface area contributed by atoms with E-state index in [9.17, 15) is 9.59 Å². The molecule has 1 N–H and O–H groups in total. The van der Waals surface area contributed by atoms with Crippen LogP contribution in [0.1, 0.15) is 75.0 Å². The van der Waals surface area contributed by atoms with Gasteiger partial charge in [-0.15, -0.1) is 11.6 Å². The summed E-state index contributed by atoms with van der Waals surface area (Å²) in [5.41, 5.74) is 1.95. The average Bonchev–Trinajstić information content (AvgIpc) is 3.21. The van der Waals surface area contributed by atoms with Crippen LogP contribution in [-0.4, -0.2) is 34.7 Å². The fourth-order valence-corrected chi connectivity index (χ4v) is 4.79. The number of hydrogen-bond donors (Lipinski definition) is 1. The summed E-state index contributed by atoms with van der Waals surface area (Å²) in [7, 11) is 0. The molecule has 1 aromatic rings. The quantitative estimate of drug-likeness (QED) is 0.727. The van der Waals surface area contributed by atoms with Gasteiger partial charge in [0.05, 0.1) is 0 Å². The fourth-order valence-electron chi connectivity index (χ4n) is 4.65. The molecule has 1 atom stereocenters. The highest BCUT2D eigenvalue weighted by Gasteiger charge is 2.38. The van der Waals surface area contributed by atoms with Gasteiger partial charge in [-0.3, -0.25) is 9.59 Å². The topological polar surface area (TPSA) is 49.4 Å². The molecule has 1 aromatic carbocycles. The monoisotopic (exact) mass is 390 g/mol. The predicted molar refractivity (Wildman–Crippen MR) is 109 cm³/mol. The molecule has 0 spiro atoms. The van der Waals surface area contributed by atoms with Gasteiger partial charge in [-0.1, -0.05) is 56.4 Å². The number of carbonyl (C=O) groups excluding carboxylic acids is 2. The van der Waals surface area contributed by atoms with Gasteiger partial charge >= 0.3 is 0 Å². The average molecular weight is 391 g/mol. The lowest BCUT2D eigenvalue weighted by molar-refractivity contribution is -0.142. The molecule has 0 aliphatic heterocycles. The first-order chi connectivity index (χ1) is 13.1. The summed E-state index contributed by atoms with van der Waals surface area (Å²) in [5.74, 6) is -0.285. The van der Waals surface area contributed by atoms with Crippen molar-refractivity contribution in [3.63, 3.8) is 0 Å². The summed E-state index contributed by atoms with van der Waals surface area (Å²) < 4.78 is 0. The maximum atomic E-state index is 13.4. The maximum absolute atomic E-state index is 13.4. The van der Waals surface area contributed by atoms with Crippen LogP contribution in [0.15, 0.2) is 24.3 Å². The Morgan fingerprint density at radius 1 is 1.07 bits per heavy atom. The summed E-state index contributed by atoms with van der Waals surface area (Å²) in [6, 6.07) is 7.62. The Morgan fingerprint density at radius 3 is 2.33 bits per heavy atom. The van der Waals surface area contributed by atoms with Crippen LogP contribution in [0.25, 0.3) is 0 Å². The van der Waals surface area contributed by atoms with Crippen LogP contribution >= 0.6 is 11.6 Å². The molecule has 0 saturated heterocycles. The van der Waals surface area contributed by atoms with Gasteiger partial charge in [-0.2, -0.15) is 0 Å². The van der Waals surface area contributed by atoms with E-state index in [2.05, 4.69) is 5.32 Å². The van der Waals surface area contributed by atoms with E-state index < -0.39 is 6.04 Å². The van der Waals surface area contributed by atoms with Crippen LogP contribution in [0.5, 0.6) is 0 Å². The van der Waals surface area contributed by atoms with E-state index in [1.165, 1.54) is 6.42 Å². The number of nitrogens with zero attached hydrogens (tertiary/aromatic N) is 1. The molecular weight excluding hydrogens is 360 g/mol. The van der Waals surface area contributed by atoms with Crippen LogP contribution in [0.3, 0.4) is 0 Å². The molecule has 2 amide bonds. The number of rotatable bonds is 6. The van der Waals surface area contributed by atoms with Gasteiger partial charge in [0.25, 0.3) is 0 Å². The van der Waals surface area contributed by atoms with Crippen LogP contribution in [0, 0.1) is 6.92 Å². The first kappa shape index (κ1) is 20.2. The SMILES string of the molecule is Cc1ccccc1C(C(=O)NC1CCCCC1)N(C(=O)CCl)C1CCCC1. The van der Waals surface area contributed by atoms with Crippen molar-refractivity contribution in [2.45, 2.75) is 82.8 Å². The lowest BCUT2D eigenvalue weighted by atomic mass is 9.93. The van der Waals surface area contributed by atoms with Crippen molar-refractivity contribution in [3.05, 3.63) is 35.4 Å². The van der Waals surface area contributed by atoms with Crippen LogP contribution in [-0.2, 0) is 9.59 Å². The first-order valence-corrected chi connectivity index (χ1v) is 10.9. The molecule has 2 aliphatic carbocycles. The van der Waals surface area contributed by atoms with Gasteiger partial charge in [0, 0.05) is 12.1 Å². The van der Waals surface area contributed by atoms with E-state index in [1.54, 1.807) is 4.90 Å². The van der Waals surface area contributed by atoms with Gasteiger partial charge in [-0.05, 0) is 43.7 Å². The summed E-state index contributed by atoms with van der Waals surface area (Å²) in [5, 5.41) is 3.25. The second kappa shape index (κ2) is 9.59. The van der Waals surface area contributed by atoms with Gasteiger partial charge in [0.1, 0.15) is 11.9 Å². The second-order valence-corrected chi connectivity index (χ2v) is 8.24. The van der Waals surface area contributed by atoms with Gasteiger partial charge in [-0.25, -0.2) is 0 Å². The Labute approximate surface area is 167 Å². The minimum atomic E-state index is -0.595. The van der Waals surface area contributed by atoms with Gasteiger partial charge in [0.2, 0.25) is 11.8 Å². The third-order valence-corrected chi connectivity index (χ3v) is 6.31. The van der Waals surface area contributed by atoms with E-state index >= 15 is 0 Å². The number of carbonyl (C=O) groups is 2. The number of hydrogen-bond acceptors (Lipinski definition) is 2.